The number of likely N-dealkylation sites (tertiary alicyclic amines) is 1. The van der Waals surface area contributed by atoms with Crippen molar-refractivity contribution in [2.24, 2.45) is 0 Å². The van der Waals surface area contributed by atoms with Crippen LogP contribution in [-0.4, -0.2) is 46.7 Å². The number of aliphatic hydroxyl groups excluding tert-OH is 1. The molecule has 2 aliphatic heterocycles. The van der Waals surface area contributed by atoms with Crippen LogP contribution in [0, 0.1) is 0 Å². The molecular weight excluding hydrogens is 292 g/mol. The van der Waals surface area contributed by atoms with Gasteiger partial charge in [0.1, 0.15) is 0 Å². The summed E-state index contributed by atoms with van der Waals surface area (Å²) in [6, 6.07) is 9.83. The SMILES string of the molecule is OC[C@H]1CCCN1Cc1ccccc1CNC1CCSCC1. The molecule has 0 radical (unpaired) electrons. The minimum Gasteiger partial charge on any atom is -0.395 e. The van der Waals surface area contributed by atoms with Gasteiger partial charge in [-0.25, -0.2) is 0 Å². The topological polar surface area (TPSA) is 35.5 Å². The van der Waals surface area contributed by atoms with Crippen LogP contribution in [0.15, 0.2) is 24.3 Å². The quantitative estimate of drug-likeness (QED) is 0.845. The molecule has 0 spiro atoms. The van der Waals surface area contributed by atoms with Gasteiger partial charge in [-0.2, -0.15) is 11.8 Å². The second kappa shape index (κ2) is 8.34. The zero-order valence-corrected chi connectivity index (χ0v) is 14.2. The average molecular weight is 321 g/mol. The van der Waals surface area contributed by atoms with Crippen LogP contribution >= 0.6 is 11.8 Å². The Hall–Kier alpha value is -0.550. The third kappa shape index (κ3) is 4.25. The lowest BCUT2D eigenvalue weighted by molar-refractivity contribution is 0.153. The molecular formula is C18H28N2OS. The Kier molecular flexibility index (Phi) is 6.19. The summed E-state index contributed by atoms with van der Waals surface area (Å²) < 4.78 is 0. The van der Waals surface area contributed by atoms with Crippen LogP contribution in [0.1, 0.15) is 36.8 Å². The van der Waals surface area contributed by atoms with Crippen LogP contribution in [-0.2, 0) is 13.1 Å². The van der Waals surface area contributed by atoms with E-state index in [1.165, 1.54) is 41.9 Å². The molecule has 2 N–H and O–H groups in total. The summed E-state index contributed by atoms with van der Waals surface area (Å²) in [7, 11) is 0. The summed E-state index contributed by atoms with van der Waals surface area (Å²) in [5.41, 5.74) is 2.84. The largest absolute Gasteiger partial charge is 0.395 e. The van der Waals surface area contributed by atoms with Gasteiger partial charge in [0.2, 0.25) is 0 Å². The van der Waals surface area contributed by atoms with Crippen LogP contribution < -0.4 is 5.32 Å². The van der Waals surface area contributed by atoms with Gasteiger partial charge in [0.25, 0.3) is 0 Å². The van der Waals surface area contributed by atoms with E-state index in [1.54, 1.807) is 0 Å². The van der Waals surface area contributed by atoms with E-state index in [1.807, 2.05) is 0 Å². The van der Waals surface area contributed by atoms with Crippen LogP contribution in [0.4, 0.5) is 0 Å². The number of nitrogens with one attached hydrogen (secondary N) is 1. The Bertz CT molecular complexity index is 462. The van der Waals surface area contributed by atoms with Gasteiger partial charge >= 0.3 is 0 Å². The summed E-state index contributed by atoms with van der Waals surface area (Å²) in [6.45, 7) is 3.36. The third-order valence-electron chi connectivity index (χ3n) is 5.00. The number of benzene rings is 1. The van der Waals surface area contributed by atoms with Crippen molar-refractivity contribution in [2.75, 3.05) is 24.7 Å². The smallest absolute Gasteiger partial charge is 0.0587 e. The highest BCUT2D eigenvalue weighted by atomic mass is 32.2. The van der Waals surface area contributed by atoms with E-state index < -0.39 is 0 Å². The Morgan fingerprint density at radius 1 is 1.14 bits per heavy atom. The van der Waals surface area contributed by atoms with Crippen LogP contribution in [0.3, 0.4) is 0 Å². The minimum atomic E-state index is 0.292. The van der Waals surface area contributed by atoms with Gasteiger partial charge in [-0.1, -0.05) is 24.3 Å². The molecule has 0 aromatic heterocycles. The van der Waals surface area contributed by atoms with Crippen LogP contribution in [0.2, 0.25) is 0 Å². The Labute approximate surface area is 138 Å². The third-order valence-corrected chi connectivity index (χ3v) is 6.05. The van der Waals surface area contributed by atoms with Gasteiger partial charge in [0.15, 0.2) is 0 Å². The maximum Gasteiger partial charge on any atom is 0.0587 e. The van der Waals surface area contributed by atoms with E-state index in [0.717, 1.165) is 26.1 Å². The predicted octanol–water partition coefficient (Wildman–Crippen LogP) is 2.63. The maximum atomic E-state index is 9.50. The first-order valence-electron chi connectivity index (χ1n) is 8.59. The fourth-order valence-corrected chi connectivity index (χ4v) is 4.68. The van der Waals surface area contributed by atoms with Crippen molar-refractivity contribution in [2.45, 2.75) is 50.9 Å². The Morgan fingerprint density at radius 2 is 1.91 bits per heavy atom. The standard InChI is InChI=1S/C18H28N2OS/c21-14-18-6-3-9-20(18)13-16-5-2-1-4-15(16)12-19-17-7-10-22-11-8-17/h1-2,4-5,17-19,21H,3,6-14H2/t18-/m1/s1. The second-order valence-electron chi connectivity index (χ2n) is 6.49. The normalized spacial score (nSPS) is 24.0. The fraction of sp³-hybridized carbons (Fsp3) is 0.667. The molecule has 0 aliphatic carbocycles. The molecule has 2 aliphatic rings. The molecule has 2 fully saturated rings. The molecule has 2 saturated heterocycles. The van der Waals surface area contributed by atoms with Crippen molar-refractivity contribution >= 4 is 11.8 Å². The van der Waals surface area contributed by atoms with Crippen molar-refractivity contribution < 1.29 is 5.11 Å². The first-order valence-corrected chi connectivity index (χ1v) is 9.75. The zero-order valence-electron chi connectivity index (χ0n) is 13.3. The molecule has 2 heterocycles. The lowest BCUT2D eigenvalue weighted by atomic mass is 10.1. The van der Waals surface area contributed by atoms with Crippen molar-refractivity contribution in [1.29, 1.82) is 0 Å². The van der Waals surface area contributed by atoms with Crippen molar-refractivity contribution in [3.05, 3.63) is 35.4 Å². The van der Waals surface area contributed by atoms with E-state index >= 15 is 0 Å². The molecule has 3 nitrogen and oxygen atoms in total. The average Bonchev–Trinajstić information content (AvgIpc) is 3.02. The number of hydrogen-bond donors (Lipinski definition) is 2. The molecule has 1 aromatic rings. The molecule has 3 rings (SSSR count). The number of rotatable bonds is 6. The zero-order chi connectivity index (χ0) is 15.2. The first-order chi connectivity index (χ1) is 10.9. The second-order valence-corrected chi connectivity index (χ2v) is 7.71. The highest BCUT2D eigenvalue weighted by Crippen LogP contribution is 2.22. The number of nitrogens with zero attached hydrogens (tertiary/aromatic N) is 1. The van der Waals surface area contributed by atoms with Gasteiger partial charge in [0.05, 0.1) is 6.61 Å². The highest BCUT2D eigenvalue weighted by molar-refractivity contribution is 7.99. The lowest BCUT2D eigenvalue weighted by Crippen LogP contribution is -2.34. The highest BCUT2D eigenvalue weighted by Gasteiger charge is 2.24. The van der Waals surface area contributed by atoms with E-state index in [-0.39, 0.29) is 0 Å². The molecule has 0 bridgehead atoms. The molecule has 1 aromatic carbocycles. The van der Waals surface area contributed by atoms with Gasteiger partial charge in [-0.15, -0.1) is 0 Å². The first kappa shape index (κ1) is 16.3. The summed E-state index contributed by atoms with van der Waals surface area (Å²) in [4.78, 5) is 2.44. The van der Waals surface area contributed by atoms with Crippen molar-refractivity contribution in [3.63, 3.8) is 0 Å². The Balaban J connectivity index is 1.59. The molecule has 22 heavy (non-hydrogen) atoms. The molecule has 0 amide bonds. The van der Waals surface area contributed by atoms with Gasteiger partial charge < -0.3 is 10.4 Å². The summed E-state index contributed by atoms with van der Waals surface area (Å²) >= 11 is 2.08. The minimum absolute atomic E-state index is 0.292. The maximum absolute atomic E-state index is 9.50. The molecule has 0 saturated carbocycles. The molecule has 0 unspecified atom stereocenters. The van der Waals surface area contributed by atoms with Crippen molar-refractivity contribution in [1.82, 2.24) is 10.2 Å². The lowest BCUT2D eigenvalue weighted by Gasteiger charge is -2.26. The monoisotopic (exact) mass is 320 g/mol. The van der Waals surface area contributed by atoms with Crippen molar-refractivity contribution in [3.8, 4) is 0 Å². The van der Waals surface area contributed by atoms with Gasteiger partial charge in [0, 0.05) is 25.2 Å². The number of aliphatic hydroxyl groups is 1. The summed E-state index contributed by atoms with van der Waals surface area (Å²) in [6.07, 6.45) is 4.94. The van der Waals surface area contributed by atoms with E-state index in [2.05, 4.69) is 46.2 Å². The Morgan fingerprint density at radius 3 is 2.68 bits per heavy atom. The number of hydrogen-bond acceptors (Lipinski definition) is 4. The number of thioether (sulfide) groups is 1. The summed E-state index contributed by atoms with van der Waals surface area (Å²) in [5.74, 6) is 2.59. The van der Waals surface area contributed by atoms with E-state index in [0.29, 0.717) is 18.7 Å². The van der Waals surface area contributed by atoms with Gasteiger partial charge in [-0.3, -0.25) is 4.90 Å². The fourth-order valence-electron chi connectivity index (χ4n) is 3.57. The van der Waals surface area contributed by atoms with E-state index in [4.69, 9.17) is 0 Å². The molecule has 4 heteroatoms. The summed E-state index contributed by atoms with van der Waals surface area (Å²) in [5, 5.41) is 13.2. The van der Waals surface area contributed by atoms with Crippen LogP contribution in [0.25, 0.3) is 0 Å². The molecule has 122 valence electrons. The van der Waals surface area contributed by atoms with Gasteiger partial charge in [-0.05, 0) is 54.9 Å². The van der Waals surface area contributed by atoms with E-state index in [9.17, 15) is 5.11 Å². The molecule has 1 atom stereocenters. The van der Waals surface area contributed by atoms with Crippen LogP contribution in [0.5, 0.6) is 0 Å². The predicted molar refractivity (Wildman–Crippen MR) is 94.1 cm³/mol.